The molecule has 25 heavy (non-hydrogen) atoms. The Balaban J connectivity index is 1.77. The van der Waals surface area contributed by atoms with Gasteiger partial charge in [-0.15, -0.1) is 0 Å². The fourth-order valence-corrected chi connectivity index (χ4v) is 3.79. The first kappa shape index (κ1) is 17.4. The maximum Gasteiger partial charge on any atom is 0.255 e. The van der Waals surface area contributed by atoms with E-state index in [0.717, 1.165) is 19.4 Å². The van der Waals surface area contributed by atoms with Gasteiger partial charge >= 0.3 is 0 Å². The van der Waals surface area contributed by atoms with E-state index >= 15 is 0 Å². The third-order valence-electron chi connectivity index (χ3n) is 5.06. The van der Waals surface area contributed by atoms with Crippen molar-refractivity contribution in [2.24, 2.45) is 13.0 Å². The van der Waals surface area contributed by atoms with Gasteiger partial charge in [-0.3, -0.25) is 19.2 Å². The minimum absolute atomic E-state index is 0.0757. The van der Waals surface area contributed by atoms with E-state index in [1.54, 1.807) is 11.0 Å². The van der Waals surface area contributed by atoms with Crippen LogP contribution in [0.25, 0.3) is 0 Å². The Morgan fingerprint density at radius 1 is 1.36 bits per heavy atom. The van der Waals surface area contributed by atoms with Gasteiger partial charge in [-0.2, -0.15) is 5.10 Å². The van der Waals surface area contributed by atoms with Crippen LogP contribution in [0.5, 0.6) is 0 Å². The third kappa shape index (κ3) is 3.66. The lowest BCUT2D eigenvalue weighted by atomic mass is 9.87. The standard InChI is InChI=1S/C18H25N5O2/c1-21-10-4-5-14(17(21)15-8-9-20-23(15)3)12-22(2)18(25)13-6-7-16(24)19-11-13/h6-9,11,14,17H,4-5,10,12H2,1-3H3,(H,19,24)/t14-,17+/m0/s1. The van der Waals surface area contributed by atoms with E-state index in [4.69, 9.17) is 0 Å². The van der Waals surface area contributed by atoms with Crippen LogP contribution in [-0.2, 0) is 7.05 Å². The predicted octanol–water partition coefficient (Wildman–Crippen LogP) is 1.26. The highest BCUT2D eigenvalue weighted by Crippen LogP contribution is 2.35. The molecule has 0 saturated carbocycles. The number of nitrogens with one attached hydrogen (secondary N) is 1. The molecule has 2 aromatic rings. The number of carbonyl (C=O) groups is 1. The average Bonchev–Trinajstić information content (AvgIpc) is 3.01. The number of rotatable bonds is 4. The van der Waals surface area contributed by atoms with Gasteiger partial charge in [-0.05, 0) is 44.5 Å². The van der Waals surface area contributed by atoms with Crippen LogP contribution in [0.4, 0.5) is 0 Å². The number of nitrogens with zero attached hydrogens (tertiary/aromatic N) is 4. The Kier molecular flexibility index (Phi) is 5.03. The Bertz CT molecular complexity index is 776. The van der Waals surface area contributed by atoms with Gasteiger partial charge in [0.1, 0.15) is 0 Å². The number of aromatic amines is 1. The summed E-state index contributed by atoms with van der Waals surface area (Å²) in [6.45, 7) is 1.71. The maximum atomic E-state index is 12.6. The summed E-state index contributed by atoms with van der Waals surface area (Å²) >= 11 is 0. The Labute approximate surface area is 147 Å². The van der Waals surface area contributed by atoms with Crippen molar-refractivity contribution in [2.45, 2.75) is 18.9 Å². The summed E-state index contributed by atoms with van der Waals surface area (Å²) in [5.74, 6) is 0.263. The molecule has 0 radical (unpaired) electrons. The van der Waals surface area contributed by atoms with Crippen LogP contribution >= 0.6 is 0 Å². The number of hydrogen-bond acceptors (Lipinski definition) is 4. The van der Waals surface area contributed by atoms with E-state index in [9.17, 15) is 9.59 Å². The normalized spacial score (nSPS) is 21.2. The van der Waals surface area contributed by atoms with Crippen molar-refractivity contribution in [2.75, 3.05) is 27.2 Å². The molecule has 3 heterocycles. The number of piperidine rings is 1. The lowest BCUT2D eigenvalue weighted by molar-refractivity contribution is 0.0630. The van der Waals surface area contributed by atoms with Gasteiger partial charge in [0, 0.05) is 39.1 Å². The second kappa shape index (κ2) is 7.23. The van der Waals surface area contributed by atoms with Crippen LogP contribution in [0.3, 0.4) is 0 Å². The molecule has 0 unspecified atom stereocenters. The minimum atomic E-state index is -0.204. The molecule has 7 nitrogen and oxygen atoms in total. The van der Waals surface area contributed by atoms with Crippen LogP contribution in [0.1, 0.15) is 34.9 Å². The van der Waals surface area contributed by atoms with Gasteiger partial charge in [-0.25, -0.2) is 0 Å². The van der Waals surface area contributed by atoms with Gasteiger partial charge in [0.25, 0.3) is 5.91 Å². The maximum absolute atomic E-state index is 12.6. The zero-order valence-corrected chi connectivity index (χ0v) is 15.0. The van der Waals surface area contributed by atoms with Crippen LogP contribution in [0, 0.1) is 5.92 Å². The van der Waals surface area contributed by atoms with Crippen molar-refractivity contribution in [3.8, 4) is 0 Å². The molecular formula is C18H25N5O2. The SMILES string of the molecule is CN(C[C@@H]1CCCN(C)[C@H]1c1ccnn1C)C(=O)c1ccc(=O)[nH]c1. The van der Waals surface area contributed by atoms with E-state index in [-0.39, 0.29) is 17.5 Å². The third-order valence-corrected chi connectivity index (χ3v) is 5.06. The van der Waals surface area contributed by atoms with Crippen LogP contribution in [0.15, 0.2) is 35.4 Å². The molecule has 134 valence electrons. The molecule has 1 N–H and O–H groups in total. The first-order chi connectivity index (χ1) is 12.0. The molecule has 1 saturated heterocycles. The Hall–Kier alpha value is -2.41. The number of pyridine rings is 1. The minimum Gasteiger partial charge on any atom is -0.341 e. The molecule has 0 spiro atoms. The zero-order valence-electron chi connectivity index (χ0n) is 15.0. The summed E-state index contributed by atoms with van der Waals surface area (Å²) < 4.78 is 1.92. The van der Waals surface area contributed by atoms with E-state index < -0.39 is 0 Å². The summed E-state index contributed by atoms with van der Waals surface area (Å²) in [6, 6.07) is 5.26. The highest BCUT2D eigenvalue weighted by molar-refractivity contribution is 5.93. The molecule has 1 fully saturated rings. The molecule has 7 heteroatoms. The monoisotopic (exact) mass is 343 g/mol. The van der Waals surface area contributed by atoms with E-state index in [1.807, 2.05) is 25.0 Å². The summed E-state index contributed by atoms with van der Waals surface area (Å²) in [6.07, 6.45) is 5.50. The topological polar surface area (TPSA) is 74.2 Å². The summed E-state index contributed by atoms with van der Waals surface area (Å²) in [4.78, 5) is 30.5. The molecule has 1 aliphatic rings. The largest absolute Gasteiger partial charge is 0.341 e. The van der Waals surface area contributed by atoms with Crippen molar-refractivity contribution in [3.63, 3.8) is 0 Å². The predicted molar refractivity (Wildman–Crippen MR) is 95.3 cm³/mol. The molecule has 2 atom stereocenters. The van der Waals surface area contributed by atoms with Crippen molar-refractivity contribution < 1.29 is 4.79 Å². The smallest absolute Gasteiger partial charge is 0.255 e. The second-order valence-corrected chi connectivity index (χ2v) is 6.83. The zero-order chi connectivity index (χ0) is 18.0. The van der Waals surface area contributed by atoms with E-state index in [0.29, 0.717) is 18.0 Å². The molecule has 3 rings (SSSR count). The summed E-state index contributed by atoms with van der Waals surface area (Å²) in [5.41, 5.74) is 1.48. The first-order valence-electron chi connectivity index (χ1n) is 8.59. The summed E-state index contributed by atoms with van der Waals surface area (Å²) in [5, 5.41) is 4.31. The highest BCUT2D eigenvalue weighted by Gasteiger charge is 2.33. The van der Waals surface area contributed by atoms with Gasteiger partial charge < -0.3 is 9.88 Å². The van der Waals surface area contributed by atoms with Crippen LogP contribution < -0.4 is 5.56 Å². The van der Waals surface area contributed by atoms with Gasteiger partial charge in [-0.1, -0.05) is 0 Å². The highest BCUT2D eigenvalue weighted by atomic mass is 16.2. The van der Waals surface area contributed by atoms with Crippen molar-refractivity contribution >= 4 is 5.91 Å². The summed E-state index contributed by atoms with van der Waals surface area (Å²) in [7, 11) is 5.92. The van der Waals surface area contributed by atoms with Crippen molar-refractivity contribution in [1.29, 1.82) is 0 Å². The molecule has 2 aromatic heterocycles. The van der Waals surface area contributed by atoms with Gasteiger partial charge in [0.05, 0.1) is 17.3 Å². The Morgan fingerprint density at radius 2 is 2.16 bits per heavy atom. The van der Waals surface area contributed by atoms with Crippen LogP contribution in [-0.4, -0.2) is 57.7 Å². The molecule has 1 aliphatic heterocycles. The van der Waals surface area contributed by atoms with Gasteiger partial charge in [0.15, 0.2) is 0 Å². The number of H-pyrrole nitrogens is 1. The van der Waals surface area contributed by atoms with Crippen molar-refractivity contribution in [3.05, 3.63) is 52.2 Å². The Morgan fingerprint density at radius 3 is 2.80 bits per heavy atom. The van der Waals surface area contributed by atoms with Crippen LogP contribution in [0.2, 0.25) is 0 Å². The van der Waals surface area contributed by atoms with E-state index in [1.165, 1.54) is 18.0 Å². The first-order valence-corrected chi connectivity index (χ1v) is 8.59. The number of likely N-dealkylation sites (tertiary alicyclic amines) is 1. The number of amides is 1. The number of carbonyl (C=O) groups excluding carboxylic acids is 1. The molecule has 0 aromatic carbocycles. The van der Waals surface area contributed by atoms with Crippen molar-refractivity contribution in [1.82, 2.24) is 24.6 Å². The number of aromatic nitrogens is 3. The quantitative estimate of drug-likeness (QED) is 0.907. The molecule has 0 bridgehead atoms. The lowest BCUT2D eigenvalue weighted by Crippen LogP contribution is -2.43. The second-order valence-electron chi connectivity index (χ2n) is 6.83. The lowest BCUT2D eigenvalue weighted by Gasteiger charge is -2.40. The van der Waals surface area contributed by atoms with E-state index in [2.05, 4.69) is 28.1 Å². The molecule has 1 amide bonds. The number of aryl methyl sites for hydroxylation is 1. The molecule has 0 aliphatic carbocycles. The number of hydrogen-bond donors (Lipinski definition) is 1. The van der Waals surface area contributed by atoms with Gasteiger partial charge in [0.2, 0.25) is 5.56 Å². The fraction of sp³-hybridized carbons (Fsp3) is 0.500. The molecular weight excluding hydrogens is 318 g/mol. The average molecular weight is 343 g/mol. The fourth-order valence-electron chi connectivity index (χ4n) is 3.79.